The Balaban J connectivity index is 1.50. The molecule has 118 valence electrons. The summed E-state index contributed by atoms with van der Waals surface area (Å²) in [6.07, 6.45) is 0. The molecule has 0 saturated carbocycles. The van der Waals surface area contributed by atoms with Crippen LogP contribution in [-0.4, -0.2) is 56.9 Å². The number of amides is 1. The fourth-order valence-corrected chi connectivity index (χ4v) is 4.56. The van der Waals surface area contributed by atoms with Gasteiger partial charge in [0.1, 0.15) is 0 Å². The molecule has 1 aliphatic rings. The number of fused-ring (bicyclic) bond motifs is 1. The molecule has 0 radical (unpaired) electrons. The van der Waals surface area contributed by atoms with Gasteiger partial charge in [-0.2, -0.15) is 0 Å². The van der Waals surface area contributed by atoms with Gasteiger partial charge in [-0.25, -0.2) is 8.42 Å². The lowest BCUT2D eigenvalue weighted by atomic mass is 10.1. The van der Waals surface area contributed by atoms with Crippen LogP contribution in [0.1, 0.15) is 10.4 Å². The summed E-state index contributed by atoms with van der Waals surface area (Å²) in [6.45, 7) is 2.32. The average Bonchev–Trinajstić information content (AvgIpc) is 2.96. The fourth-order valence-electron chi connectivity index (χ4n) is 2.51. The number of hydrogen-bond acceptors (Lipinski definition) is 5. The highest BCUT2D eigenvalue weighted by molar-refractivity contribution is 7.91. The van der Waals surface area contributed by atoms with Gasteiger partial charge in [-0.15, -0.1) is 11.3 Å². The first-order valence-corrected chi connectivity index (χ1v) is 9.92. The molecule has 2 heterocycles. The first kappa shape index (κ1) is 15.5. The Kier molecular flexibility index (Phi) is 4.46. The summed E-state index contributed by atoms with van der Waals surface area (Å²) in [5.74, 6) is 0.351. The van der Waals surface area contributed by atoms with Crippen molar-refractivity contribution < 1.29 is 13.2 Å². The van der Waals surface area contributed by atoms with Gasteiger partial charge in [0.25, 0.3) is 5.91 Å². The predicted molar refractivity (Wildman–Crippen MR) is 89.3 cm³/mol. The van der Waals surface area contributed by atoms with Crippen molar-refractivity contribution in [1.29, 1.82) is 0 Å². The summed E-state index contributed by atoms with van der Waals surface area (Å²) in [5, 5.41) is 5.99. The van der Waals surface area contributed by atoms with E-state index < -0.39 is 9.84 Å². The molecule has 0 atom stereocenters. The van der Waals surface area contributed by atoms with E-state index in [1.54, 1.807) is 11.3 Å². The normalized spacial score (nSPS) is 18.4. The van der Waals surface area contributed by atoms with Crippen molar-refractivity contribution in [2.75, 3.05) is 37.7 Å². The zero-order valence-corrected chi connectivity index (χ0v) is 13.8. The lowest BCUT2D eigenvalue weighted by Gasteiger charge is -2.26. The molecule has 1 aliphatic heterocycles. The van der Waals surface area contributed by atoms with Crippen LogP contribution in [0.4, 0.5) is 0 Å². The summed E-state index contributed by atoms with van der Waals surface area (Å²) < 4.78 is 23.9. The van der Waals surface area contributed by atoms with Gasteiger partial charge >= 0.3 is 0 Å². The minimum atomic E-state index is -2.84. The molecular weight excluding hydrogens is 320 g/mol. The van der Waals surface area contributed by atoms with Crippen molar-refractivity contribution in [3.8, 4) is 0 Å². The van der Waals surface area contributed by atoms with Crippen LogP contribution in [0.2, 0.25) is 0 Å². The number of nitrogens with one attached hydrogen (secondary N) is 1. The molecule has 1 aromatic carbocycles. The zero-order valence-electron chi connectivity index (χ0n) is 12.1. The maximum Gasteiger partial charge on any atom is 0.251 e. The maximum atomic E-state index is 12.1. The Hall–Kier alpha value is -1.44. The van der Waals surface area contributed by atoms with Gasteiger partial charge in [0.2, 0.25) is 0 Å². The quantitative estimate of drug-likeness (QED) is 0.914. The van der Waals surface area contributed by atoms with Crippen LogP contribution in [0.25, 0.3) is 10.1 Å². The molecule has 1 aromatic heterocycles. The molecule has 3 rings (SSSR count). The van der Waals surface area contributed by atoms with E-state index in [2.05, 4.69) is 10.2 Å². The molecule has 0 unspecified atom stereocenters. The number of carbonyl (C=O) groups is 1. The van der Waals surface area contributed by atoms with E-state index in [-0.39, 0.29) is 17.4 Å². The van der Waals surface area contributed by atoms with Crippen molar-refractivity contribution in [2.24, 2.45) is 0 Å². The van der Waals surface area contributed by atoms with Gasteiger partial charge in [-0.1, -0.05) is 0 Å². The van der Waals surface area contributed by atoms with Crippen LogP contribution >= 0.6 is 11.3 Å². The average molecular weight is 338 g/mol. The molecular formula is C15H18N2O3S2. The van der Waals surface area contributed by atoms with Crippen LogP contribution in [0.15, 0.2) is 29.6 Å². The number of benzene rings is 1. The molecule has 1 saturated heterocycles. The van der Waals surface area contributed by atoms with E-state index in [4.69, 9.17) is 0 Å². The first-order valence-electron chi connectivity index (χ1n) is 7.22. The topological polar surface area (TPSA) is 66.5 Å². The number of thiophene rings is 1. The van der Waals surface area contributed by atoms with Gasteiger partial charge in [0.15, 0.2) is 9.84 Å². The fraction of sp³-hybridized carbons (Fsp3) is 0.400. The van der Waals surface area contributed by atoms with Crippen LogP contribution in [0.5, 0.6) is 0 Å². The van der Waals surface area contributed by atoms with E-state index in [0.29, 0.717) is 31.7 Å². The SMILES string of the molecule is O=C(NCCN1CCS(=O)(=O)CC1)c1ccc2sccc2c1. The smallest absolute Gasteiger partial charge is 0.251 e. The molecule has 0 spiro atoms. The molecule has 0 bridgehead atoms. The van der Waals surface area contributed by atoms with Gasteiger partial charge in [-0.3, -0.25) is 9.69 Å². The molecule has 22 heavy (non-hydrogen) atoms. The van der Waals surface area contributed by atoms with Crippen LogP contribution < -0.4 is 5.32 Å². The highest BCUT2D eigenvalue weighted by atomic mass is 32.2. The second-order valence-electron chi connectivity index (χ2n) is 5.42. The van der Waals surface area contributed by atoms with Crippen LogP contribution in [0, 0.1) is 0 Å². The van der Waals surface area contributed by atoms with Crippen molar-refractivity contribution in [1.82, 2.24) is 10.2 Å². The summed E-state index contributed by atoms with van der Waals surface area (Å²) >= 11 is 1.66. The Morgan fingerprint density at radius 3 is 2.77 bits per heavy atom. The highest BCUT2D eigenvalue weighted by Crippen LogP contribution is 2.21. The third-order valence-electron chi connectivity index (χ3n) is 3.87. The molecule has 7 heteroatoms. The van der Waals surface area contributed by atoms with Gasteiger partial charge in [0.05, 0.1) is 11.5 Å². The molecule has 5 nitrogen and oxygen atoms in total. The second kappa shape index (κ2) is 6.36. The van der Waals surface area contributed by atoms with Crippen molar-refractivity contribution in [3.05, 3.63) is 35.2 Å². The molecule has 2 aromatic rings. The monoisotopic (exact) mass is 338 g/mol. The van der Waals surface area contributed by atoms with Gasteiger partial charge in [-0.05, 0) is 35.0 Å². The third kappa shape index (κ3) is 3.66. The highest BCUT2D eigenvalue weighted by Gasteiger charge is 2.21. The third-order valence-corrected chi connectivity index (χ3v) is 6.37. The molecule has 1 fully saturated rings. The van der Waals surface area contributed by atoms with Crippen molar-refractivity contribution in [3.63, 3.8) is 0 Å². The lowest BCUT2D eigenvalue weighted by Crippen LogP contribution is -2.43. The van der Waals surface area contributed by atoms with Crippen molar-refractivity contribution in [2.45, 2.75) is 0 Å². The Bertz CT molecular complexity index is 769. The van der Waals surface area contributed by atoms with E-state index in [1.807, 2.05) is 29.6 Å². The second-order valence-corrected chi connectivity index (χ2v) is 8.67. The number of carbonyl (C=O) groups excluding carboxylic acids is 1. The predicted octanol–water partition coefficient (Wildman–Crippen LogP) is 1.36. The summed E-state index contributed by atoms with van der Waals surface area (Å²) in [5.41, 5.74) is 0.659. The summed E-state index contributed by atoms with van der Waals surface area (Å²) in [6, 6.07) is 7.70. The van der Waals surface area contributed by atoms with E-state index in [0.717, 1.165) is 5.39 Å². The number of hydrogen-bond donors (Lipinski definition) is 1. The molecule has 1 amide bonds. The number of rotatable bonds is 4. The minimum absolute atomic E-state index is 0.0854. The van der Waals surface area contributed by atoms with Crippen LogP contribution in [0.3, 0.4) is 0 Å². The van der Waals surface area contributed by atoms with Gasteiger partial charge in [0, 0.05) is 36.4 Å². The minimum Gasteiger partial charge on any atom is -0.351 e. The summed E-state index contributed by atoms with van der Waals surface area (Å²) in [7, 11) is -2.84. The number of nitrogens with zero attached hydrogens (tertiary/aromatic N) is 1. The van der Waals surface area contributed by atoms with E-state index >= 15 is 0 Å². The Morgan fingerprint density at radius 1 is 1.23 bits per heavy atom. The first-order chi connectivity index (χ1) is 10.5. The lowest BCUT2D eigenvalue weighted by molar-refractivity contribution is 0.0949. The standard InChI is InChI=1S/C15H18N2O3S2/c18-15(13-1-2-14-12(11-13)3-8-21-14)16-4-5-17-6-9-22(19,20)10-7-17/h1-3,8,11H,4-7,9-10H2,(H,16,18). The Morgan fingerprint density at radius 2 is 2.00 bits per heavy atom. The molecule has 1 N–H and O–H groups in total. The van der Waals surface area contributed by atoms with Crippen molar-refractivity contribution >= 4 is 37.2 Å². The largest absolute Gasteiger partial charge is 0.351 e. The maximum absolute atomic E-state index is 12.1. The van der Waals surface area contributed by atoms with E-state index in [1.165, 1.54) is 4.70 Å². The van der Waals surface area contributed by atoms with Crippen LogP contribution in [-0.2, 0) is 9.84 Å². The van der Waals surface area contributed by atoms with Gasteiger partial charge < -0.3 is 5.32 Å². The zero-order chi connectivity index (χ0) is 15.6. The molecule has 0 aliphatic carbocycles. The number of sulfone groups is 1. The van der Waals surface area contributed by atoms with E-state index in [9.17, 15) is 13.2 Å². The Labute approximate surface area is 133 Å². The summed E-state index contributed by atoms with van der Waals surface area (Å²) in [4.78, 5) is 14.2.